The number of carbonyl (C=O) groups is 2. The van der Waals surface area contributed by atoms with Crippen molar-refractivity contribution in [1.29, 1.82) is 0 Å². The van der Waals surface area contributed by atoms with Crippen LogP contribution in [0.5, 0.6) is 0 Å². The number of nitrogens with zero attached hydrogens (tertiary/aromatic N) is 1. The summed E-state index contributed by atoms with van der Waals surface area (Å²) in [5.74, 6) is -1.36. The zero-order valence-corrected chi connectivity index (χ0v) is 18.2. The van der Waals surface area contributed by atoms with Crippen LogP contribution in [0.25, 0.3) is 0 Å². The molecule has 0 aliphatic rings. The highest BCUT2D eigenvalue weighted by Gasteiger charge is 2.20. The summed E-state index contributed by atoms with van der Waals surface area (Å²) in [4.78, 5) is 28.2. The number of carbonyl (C=O) groups excluding carboxylic acids is 2. The molecule has 3 rings (SSSR count). The molecule has 8 nitrogen and oxygen atoms in total. The molecule has 31 heavy (non-hydrogen) atoms. The summed E-state index contributed by atoms with van der Waals surface area (Å²) in [6.07, 6.45) is 2.84. The van der Waals surface area contributed by atoms with Gasteiger partial charge in [-0.2, -0.15) is 0 Å². The van der Waals surface area contributed by atoms with Crippen LogP contribution in [0, 0.1) is 13.8 Å². The van der Waals surface area contributed by atoms with Crippen LogP contribution >= 0.6 is 11.6 Å². The SMILES string of the molecule is Cc1ccc(NS(=O)(=O)c2ccc(Cl)c(C(=O)NNC(=O)c3cccnc3)c2)cc1C. The van der Waals surface area contributed by atoms with Crippen molar-refractivity contribution in [1.82, 2.24) is 15.8 Å². The third-order valence-corrected chi connectivity index (χ3v) is 6.17. The van der Waals surface area contributed by atoms with Gasteiger partial charge in [-0.25, -0.2) is 8.42 Å². The minimum atomic E-state index is -3.97. The highest BCUT2D eigenvalue weighted by Crippen LogP contribution is 2.23. The molecule has 0 unspecified atom stereocenters. The van der Waals surface area contributed by atoms with Crippen molar-refractivity contribution in [2.24, 2.45) is 0 Å². The van der Waals surface area contributed by atoms with Crippen molar-refractivity contribution in [2.75, 3.05) is 4.72 Å². The Morgan fingerprint density at radius 3 is 2.35 bits per heavy atom. The molecule has 0 saturated carbocycles. The van der Waals surface area contributed by atoms with Crippen LogP contribution in [0.2, 0.25) is 5.02 Å². The fourth-order valence-corrected chi connectivity index (χ4v) is 3.89. The van der Waals surface area contributed by atoms with Gasteiger partial charge in [-0.1, -0.05) is 17.7 Å². The third kappa shape index (κ3) is 5.39. The number of aromatic nitrogens is 1. The largest absolute Gasteiger partial charge is 0.280 e. The van der Waals surface area contributed by atoms with Gasteiger partial charge in [0.05, 0.1) is 21.0 Å². The average molecular weight is 459 g/mol. The smallest absolute Gasteiger partial charge is 0.271 e. The maximum absolute atomic E-state index is 12.8. The van der Waals surface area contributed by atoms with Crippen molar-refractivity contribution >= 4 is 39.1 Å². The number of pyridine rings is 1. The highest BCUT2D eigenvalue weighted by molar-refractivity contribution is 7.92. The maximum Gasteiger partial charge on any atom is 0.271 e. The van der Waals surface area contributed by atoms with Gasteiger partial charge in [-0.05, 0) is 67.4 Å². The Labute approximate surface area is 184 Å². The average Bonchev–Trinajstić information content (AvgIpc) is 2.75. The fourth-order valence-electron chi connectivity index (χ4n) is 2.61. The maximum atomic E-state index is 12.8. The number of sulfonamides is 1. The first-order chi connectivity index (χ1) is 14.7. The summed E-state index contributed by atoms with van der Waals surface area (Å²) in [6, 6.07) is 12.0. The minimum Gasteiger partial charge on any atom is -0.280 e. The van der Waals surface area contributed by atoms with Gasteiger partial charge in [0.15, 0.2) is 0 Å². The summed E-state index contributed by atoms with van der Waals surface area (Å²) in [6.45, 7) is 3.79. The lowest BCUT2D eigenvalue weighted by Crippen LogP contribution is -2.41. The van der Waals surface area contributed by atoms with E-state index in [0.717, 1.165) is 17.2 Å². The molecule has 1 aromatic heterocycles. The molecule has 0 spiro atoms. The number of hydrogen-bond donors (Lipinski definition) is 3. The second-order valence-electron chi connectivity index (χ2n) is 6.70. The second-order valence-corrected chi connectivity index (χ2v) is 8.79. The highest BCUT2D eigenvalue weighted by atomic mass is 35.5. The molecule has 2 aromatic carbocycles. The molecule has 3 N–H and O–H groups in total. The lowest BCUT2D eigenvalue weighted by molar-refractivity contribution is 0.0846. The zero-order valence-electron chi connectivity index (χ0n) is 16.6. The molecule has 0 saturated heterocycles. The molecule has 10 heteroatoms. The van der Waals surface area contributed by atoms with Crippen LogP contribution in [0.4, 0.5) is 5.69 Å². The number of rotatable bonds is 5. The summed E-state index contributed by atoms with van der Waals surface area (Å²) in [7, 11) is -3.97. The van der Waals surface area contributed by atoms with Gasteiger partial charge in [-0.15, -0.1) is 0 Å². The molecule has 0 atom stereocenters. The lowest BCUT2D eigenvalue weighted by atomic mass is 10.1. The summed E-state index contributed by atoms with van der Waals surface area (Å²) >= 11 is 6.07. The minimum absolute atomic E-state index is 0.0262. The predicted octanol–water partition coefficient (Wildman–Crippen LogP) is 3.23. The van der Waals surface area contributed by atoms with E-state index in [1.54, 1.807) is 24.3 Å². The zero-order chi connectivity index (χ0) is 22.6. The summed E-state index contributed by atoms with van der Waals surface area (Å²) < 4.78 is 28.0. The van der Waals surface area contributed by atoms with Crippen molar-refractivity contribution in [2.45, 2.75) is 18.7 Å². The molecule has 160 valence electrons. The van der Waals surface area contributed by atoms with E-state index in [4.69, 9.17) is 11.6 Å². The fraction of sp³-hybridized carbons (Fsp3) is 0.0952. The van der Waals surface area contributed by atoms with Crippen LogP contribution in [0.3, 0.4) is 0 Å². The molecule has 0 aliphatic heterocycles. The number of amides is 2. The predicted molar refractivity (Wildman–Crippen MR) is 117 cm³/mol. The van der Waals surface area contributed by atoms with Crippen LogP contribution in [-0.4, -0.2) is 25.2 Å². The Kier molecular flexibility index (Phi) is 6.57. The molecule has 3 aromatic rings. The first kappa shape index (κ1) is 22.3. The Hall–Kier alpha value is -3.43. The number of benzene rings is 2. The van der Waals surface area contributed by atoms with Gasteiger partial charge in [0.25, 0.3) is 21.8 Å². The lowest BCUT2D eigenvalue weighted by Gasteiger charge is -2.12. The first-order valence-corrected chi connectivity index (χ1v) is 10.9. The van der Waals surface area contributed by atoms with E-state index in [1.807, 2.05) is 13.8 Å². The molecular weight excluding hydrogens is 440 g/mol. The van der Waals surface area contributed by atoms with Crippen molar-refractivity contribution < 1.29 is 18.0 Å². The molecule has 1 heterocycles. The second kappa shape index (κ2) is 9.15. The van der Waals surface area contributed by atoms with E-state index in [0.29, 0.717) is 5.69 Å². The molecular formula is C21H19ClN4O4S. The van der Waals surface area contributed by atoms with Gasteiger partial charge in [0, 0.05) is 18.1 Å². The number of halogens is 1. The van der Waals surface area contributed by atoms with Gasteiger partial charge in [0.2, 0.25) is 0 Å². The monoisotopic (exact) mass is 458 g/mol. The Bertz CT molecular complexity index is 1250. The topological polar surface area (TPSA) is 117 Å². The Balaban J connectivity index is 1.77. The van der Waals surface area contributed by atoms with Crippen LogP contribution in [-0.2, 0) is 10.0 Å². The van der Waals surface area contributed by atoms with E-state index in [-0.39, 0.29) is 21.0 Å². The standard InChI is InChI=1S/C21H19ClN4O4S/c1-13-5-6-16(10-14(13)2)26-31(29,30)17-7-8-19(22)18(11-17)21(28)25-24-20(27)15-4-3-9-23-12-15/h3-12,26H,1-2H3,(H,24,27)(H,25,28). The molecule has 0 bridgehead atoms. The van der Waals surface area contributed by atoms with Crippen molar-refractivity contribution in [3.8, 4) is 0 Å². The number of hydrogen-bond acceptors (Lipinski definition) is 5. The van der Waals surface area contributed by atoms with E-state index < -0.39 is 21.8 Å². The molecule has 0 aliphatic carbocycles. The van der Waals surface area contributed by atoms with Gasteiger partial charge < -0.3 is 0 Å². The van der Waals surface area contributed by atoms with Gasteiger partial charge in [0.1, 0.15) is 0 Å². The van der Waals surface area contributed by atoms with Crippen LogP contribution < -0.4 is 15.6 Å². The van der Waals surface area contributed by atoms with Crippen LogP contribution in [0.15, 0.2) is 65.8 Å². The van der Waals surface area contributed by atoms with Crippen molar-refractivity contribution in [3.05, 3.63) is 88.2 Å². The van der Waals surface area contributed by atoms with Gasteiger partial charge >= 0.3 is 0 Å². The normalized spacial score (nSPS) is 10.9. The Morgan fingerprint density at radius 2 is 1.68 bits per heavy atom. The van der Waals surface area contributed by atoms with Gasteiger partial charge in [-0.3, -0.25) is 30.1 Å². The quantitative estimate of drug-likeness (QED) is 0.507. The molecule has 0 radical (unpaired) electrons. The van der Waals surface area contributed by atoms with Crippen molar-refractivity contribution in [3.63, 3.8) is 0 Å². The third-order valence-electron chi connectivity index (χ3n) is 4.47. The first-order valence-electron chi connectivity index (χ1n) is 9.08. The number of aryl methyl sites for hydroxylation is 2. The Morgan fingerprint density at radius 1 is 0.935 bits per heavy atom. The van der Waals surface area contributed by atoms with Crippen LogP contribution in [0.1, 0.15) is 31.8 Å². The number of hydrazine groups is 1. The summed E-state index contributed by atoms with van der Waals surface area (Å²) in [5, 5.41) is 0.0262. The summed E-state index contributed by atoms with van der Waals surface area (Å²) in [5.41, 5.74) is 6.93. The van der Waals surface area contributed by atoms with E-state index in [2.05, 4.69) is 20.6 Å². The molecule has 2 amide bonds. The van der Waals surface area contributed by atoms with E-state index in [9.17, 15) is 18.0 Å². The van der Waals surface area contributed by atoms with E-state index >= 15 is 0 Å². The number of nitrogens with one attached hydrogen (secondary N) is 3. The number of anilines is 1. The van der Waals surface area contributed by atoms with E-state index in [1.165, 1.54) is 30.6 Å². The molecule has 0 fully saturated rings.